The second kappa shape index (κ2) is 11.3. The van der Waals surface area contributed by atoms with Crippen molar-refractivity contribution >= 4 is 21.9 Å². The first-order chi connectivity index (χ1) is 15.5. The van der Waals surface area contributed by atoms with Crippen molar-refractivity contribution in [2.75, 3.05) is 6.54 Å². The molecule has 0 spiro atoms. The summed E-state index contributed by atoms with van der Waals surface area (Å²) in [6.07, 6.45) is 7.33. The van der Waals surface area contributed by atoms with Gasteiger partial charge in [-0.15, -0.1) is 0 Å². The Labute approximate surface area is 188 Å². The van der Waals surface area contributed by atoms with E-state index in [2.05, 4.69) is 20.3 Å². The number of hydrogen-bond acceptors (Lipinski definition) is 5. The minimum Gasteiger partial charge on any atom is -0.352 e. The number of aliphatic imine (C=N–C) groups is 1. The Balaban J connectivity index is 1.57. The average Bonchev–Trinajstić information content (AvgIpc) is 2.80. The molecule has 32 heavy (non-hydrogen) atoms. The molecule has 0 radical (unpaired) electrons. The maximum absolute atomic E-state index is 12.7. The topological polar surface area (TPSA) is 123 Å². The fourth-order valence-corrected chi connectivity index (χ4v) is 4.53. The summed E-state index contributed by atoms with van der Waals surface area (Å²) in [5, 5.41) is 14.1. The lowest BCUT2D eigenvalue weighted by molar-refractivity contribution is 0.0954. The van der Waals surface area contributed by atoms with E-state index in [1.165, 1.54) is 12.1 Å². The fraction of sp³-hybridized carbons (Fsp3) is 0.348. The first kappa shape index (κ1) is 23.3. The minimum absolute atomic E-state index is 0.00997. The molecule has 1 aliphatic rings. The van der Waals surface area contributed by atoms with Gasteiger partial charge in [0.1, 0.15) is 0 Å². The van der Waals surface area contributed by atoms with Crippen LogP contribution in [0.2, 0.25) is 0 Å². The third-order valence-corrected chi connectivity index (χ3v) is 6.62. The highest BCUT2D eigenvalue weighted by atomic mass is 32.2. The van der Waals surface area contributed by atoms with Gasteiger partial charge < -0.3 is 5.32 Å². The maximum atomic E-state index is 12.7. The van der Waals surface area contributed by atoms with Crippen molar-refractivity contribution in [2.24, 2.45) is 4.99 Å². The van der Waals surface area contributed by atoms with Gasteiger partial charge in [0, 0.05) is 12.1 Å². The molecule has 3 rings (SSSR count). The number of hydrogen-bond donors (Lipinski definition) is 3. The van der Waals surface area contributed by atoms with E-state index in [0.29, 0.717) is 18.5 Å². The quantitative estimate of drug-likeness (QED) is 0.257. The van der Waals surface area contributed by atoms with E-state index in [0.717, 1.165) is 37.7 Å². The third kappa shape index (κ3) is 6.82. The number of carbonyl (C=O) groups excluding carboxylic acids is 1. The highest BCUT2D eigenvalue weighted by Gasteiger charge is 2.19. The van der Waals surface area contributed by atoms with Crippen LogP contribution in [0.5, 0.6) is 0 Å². The standard InChI is InChI=1S/C23H27N5O3S/c24-17-26-23(27-20-9-5-2-6-10-20)28-32(30,31)21-13-11-18(12-14-21)15-16-25-22(29)19-7-3-1-4-8-19/h1,3-4,7-8,11-14,20H,2,5-6,9-10,15-16H2,(H,25,29)(H2,26,27,28). The molecule has 0 heterocycles. The van der Waals surface area contributed by atoms with Gasteiger partial charge in [-0.05, 0) is 49.1 Å². The van der Waals surface area contributed by atoms with Gasteiger partial charge in [-0.3, -0.25) is 10.1 Å². The zero-order valence-electron chi connectivity index (χ0n) is 17.8. The summed E-state index contributed by atoms with van der Waals surface area (Å²) in [6, 6.07) is 15.4. The van der Waals surface area contributed by atoms with Crippen molar-refractivity contribution in [3.63, 3.8) is 0 Å². The van der Waals surface area contributed by atoms with Crippen molar-refractivity contribution in [2.45, 2.75) is 49.5 Å². The van der Waals surface area contributed by atoms with Gasteiger partial charge in [-0.1, -0.05) is 49.6 Å². The van der Waals surface area contributed by atoms with E-state index in [-0.39, 0.29) is 22.8 Å². The Morgan fingerprint density at radius 3 is 2.38 bits per heavy atom. The Bertz CT molecular complexity index is 1070. The maximum Gasteiger partial charge on any atom is 0.264 e. The number of sulfonamides is 1. The predicted octanol–water partition coefficient (Wildman–Crippen LogP) is 2.70. The van der Waals surface area contributed by atoms with Crippen molar-refractivity contribution in [1.82, 2.24) is 15.4 Å². The summed E-state index contributed by atoms with van der Waals surface area (Å²) in [5.41, 5.74) is 1.49. The Morgan fingerprint density at radius 1 is 1.03 bits per heavy atom. The van der Waals surface area contributed by atoms with E-state index < -0.39 is 10.0 Å². The van der Waals surface area contributed by atoms with Crippen LogP contribution in [0.3, 0.4) is 0 Å². The molecule has 1 amide bonds. The molecule has 9 heteroatoms. The fourth-order valence-electron chi connectivity index (χ4n) is 3.56. The van der Waals surface area contributed by atoms with Crippen LogP contribution in [0.1, 0.15) is 48.0 Å². The second-order valence-electron chi connectivity index (χ2n) is 7.63. The van der Waals surface area contributed by atoms with E-state index >= 15 is 0 Å². The monoisotopic (exact) mass is 453 g/mol. The molecule has 2 aromatic carbocycles. The number of amides is 1. The molecule has 8 nitrogen and oxygen atoms in total. The molecule has 0 bridgehead atoms. The largest absolute Gasteiger partial charge is 0.352 e. The van der Waals surface area contributed by atoms with Crippen LogP contribution in [0, 0.1) is 11.5 Å². The SMILES string of the molecule is N#CNC(=NC1CCCCC1)NS(=O)(=O)c1ccc(CCNC(=O)c2ccccc2)cc1. The number of guanidine groups is 1. The number of benzene rings is 2. The predicted molar refractivity (Wildman–Crippen MR) is 122 cm³/mol. The van der Waals surface area contributed by atoms with Crippen LogP contribution in [0.25, 0.3) is 0 Å². The Kier molecular flexibility index (Phi) is 8.22. The highest BCUT2D eigenvalue weighted by molar-refractivity contribution is 7.90. The molecule has 0 unspecified atom stereocenters. The molecule has 2 aromatic rings. The smallest absolute Gasteiger partial charge is 0.264 e. The zero-order valence-corrected chi connectivity index (χ0v) is 18.6. The summed E-state index contributed by atoms with van der Waals surface area (Å²) in [7, 11) is -3.88. The first-order valence-electron chi connectivity index (χ1n) is 10.7. The normalized spacial score (nSPS) is 14.9. The van der Waals surface area contributed by atoms with E-state index in [4.69, 9.17) is 5.26 Å². The lowest BCUT2D eigenvalue weighted by Crippen LogP contribution is -2.40. The lowest BCUT2D eigenvalue weighted by Gasteiger charge is -2.19. The number of nitriles is 1. The molecule has 1 aliphatic carbocycles. The molecule has 0 aromatic heterocycles. The van der Waals surface area contributed by atoms with Crippen LogP contribution >= 0.6 is 0 Å². The highest BCUT2D eigenvalue weighted by Crippen LogP contribution is 2.20. The molecule has 0 saturated heterocycles. The number of nitrogens with one attached hydrogen (secondary N) is 3. The van der Waals surface area contributed by atoms with Crippen LogP contribution in [-0.4, -0.2) is 32.9 Å². The summed E-state index contributed by atoms with van der Waals surface area (Å²) in [5.74, 6) is -0.198. The number of nitrogens with zero attached hydrogens (tertiary/aromatic N) is 2. The molecular formula is C23H27N5O3S. The Hall–Kier alpha value is -3.38. The number of carbonyl (C=O) groups is 1. The van der Waals surface area contributed by atoms with Gasteiger partial charge >= 0.3 is 0 Å². The van der Waals surface area contributed by atoms with Gasteiger partial charge in [-0.2, -0.15) is 5.26 Å². The van der Waals surface area contributed by atoms with Crippen LogP contribution in [-0.2, 0) is 16.4 Å². The van der Waals surface area contributed by atoms with E-state index in [1.807, 2.05) is 6.07 Å². The average molecular weight is 454 g/mol. The van der Waals surface area contributed by atoms with Crippen molar-refractivity contribution < 1.29 is 13.2 Å². The van der Waals surface area contributed by atoms with Crippen LogP contribution in [0.4, 0.5) is 0 Å². The first-order valence-corrected chi connectivity index (χ1v) is 12.1. The summed E-state index contributed by atoms with van der Waals surface area (Å²) >= 11 is 0. The molecule has 168 valence electrons. The van der Waals surface area contributed by atoms with Gasteiger partial charge in [0.05, 0.1) is 10.9 Å². The Morgan fingerprint density at radius 2 is 1.72 bits per heavy atom. The summed E-state index contributed by atoms with van der Waals surface area (Å²) < 4.78 is 27.8. The van der Waals surface area contributed by atoms with E-state index in [9.17, 15) is 13.2 Å². The lowest BCUT2D eigenvalue weighted by atomic mass is 9.96. The zero-order chi connectivity index (χ0) is 22.8. The van der Waals surface area contributed by atoms with Crippen LogP contribution < -0.4 is 15.4 Å². The number of rotatable bonds is 7. The third-order valence-electron chi connectivity index (χ3n) is 5.26. The van der Waals surface area contributed by atoms with Gasteiger partial charge in [0.2, 0.25) is 5.96 Å². The van der Waals surface area contributed by atoms with Crippen molar-refractivity contribution in [3.8, 4) is 6.19 Å². The summed E-state index contributed by atoms with van der Waals surface area (Å²) in [4.78, 5) is 16.5. The minimum atomic E-state index is -3.88. The molecule has 1 saturated carbocycles. The summed E-state index contributed by atoms with van der Waals surface area (Å²) in [6.45, 7) is 0.433. The van der Waals surface area contributed by atoms with Crippen molar-refractivity contribution in [3.05, 3.63) is 65.7 Å². The van der Waals surface area contributed by atoms with Gasteiger partial charge in [0.25, 0.3) is 15.9 Å². The van der Waals surface area contributed by atoms with Crippen molar-refractivity contribution in [1.29, 1.82) is 5.26 Å². The second-order valence-corrected chi connectivity index (χ2v) is 9.31. The van der Waals surface area contributed by atoms with E-state index in [1.54, 1.807) is 42.6 Å². The molecule has 3 N–H and O–H groups in total. The van der Waals surface area contributed by atoms with Gasteiger partial charge in [0.15, 0.2) is 6.19 Å². The molecule has 1 fully saturated rings. The van der Waals surface area contributed by atoms with Crippen LogP contribution in [0.15, 0.2) is 64.5 Å². The molecular weight excluding hydrogens is 426 g/mol. The van der Waals surface area contributed by atoms with Gasteiger partial charge in [-0.25, -0.2) is 18.1 Å². The molecule has 0 atom stereocenters. The molecule has 0 aliphatic heterocycles.